The molecule has 0 aliphatic carbocycles. The topological polar surface area (TPSA) is 55.3 Å². The van der Waals surface area contributed by atoms with E-state index in [-0.39, 0.29) is 11.9 Å². The molecule has 0 saturated carbocycles. The fraction of sp³-hybridized carbons (Fsp3) is 0.353. The summed E-state index contributed by atoms with van der Waals surface area (Å²) < 4.78 is 5.28. The Kier molecular flexibility index (Phi) is 4.04. The van der Waals surface area contributed by atoms with Gasteiger partial charge in [-0.3, -0.25) is 9.78 Å². The van der Waals surface area contributed by atoms with Crippen molar-refractivity contribution in [2.24, 2.45) is 0 Å². The molecular formula is C17H19N3O2. The van der Waals surface area contributed by atoms with E-state index in [4.69, 9.17) is 4.74 Å². The second-order valence-corrected chi connectivity index (χ2v) is 5.48. The number of carbonyl (C=O) groups is 1. The van der Waals surface area contributed by atoms with Crippen LogP contribution >= 0.6 is 0 Å². The lowest BCUT2D eigenvalue weighted by Crippen LogP contribution is -2.31. The summed E-state index contributed by atoms with van der Waals surface area (Å²) in [4.78, 5) is 22.9. The molecule has 2 heterocycles. The van der Waals surface area contributed by atoms with Gasteiger partial charge < -0.3 is 9.64 Å². The molecule has 1 aromatic carbocycles. The first kappa shape index (κ1) is 14.5. The van der Waals surface area contributed by atoms with E-state index in [2.05, 4.69) is 9.97 Å². The van der Waals surface area contributed by atoms with E-state index < -0.39 is 0 Å². The standard InChI is InChI=1S/C17H19N3O2/c1-12-10-19-15(11-18-12)17(21)20-8-4-7-16(20)13-5-3-6-14(9-13)22-2/h3,5-6,9-11,16H,4,7-8H2,1-2H3/t16-/m0/s1. The molecule has 1 saturated heterocycles. The number of carbonyl (C=O) groups excluding carboxylic acids is 1. The Morgan fingerprint density at radius 3 is 2.91 bits per heavy atom. The van der Waals surface area contributed by atoms with Crippen LogP contribution in [0.25, 0.3) is 0 Å². The van der Waals surface area contributed by atoms with Crippen LogP contribution in [0.5, 0.6) is 5.75 Å². The number of ether oxygens (including phenoxy) is 1. The summed E-state index contributed by atoms with van der Waals surface area (Å²) in [6.07, 6.45) is 5.13. The highest BCUT2D eigenvalue weighted by atomic mass is 16.5. The third kappa shape index (κ3) is 2.79. The molecule has 1 aliphatic heterocycles. The molecule has 5 heteroatoms. The van der Waals surface area contributed by atoms with Crippen molar-refractivity contribution in [1.82, 2.24) is 14.9 Å². The average Bonchev–Trinajstić information content (AvgIpc) is 3.04. The van der Waals surface area contributed by atoms with Gasteiger partial charge in [-0.05, 0) is 37.5 Å². The molecule has 2 aromatic rings. The van der Waals surface area contributed by atoms with Crippen molar-refractivity contribution in [1.29, 1.82) is 0 Å². The highest BCUT2D eigenvalue weighted by molar-refractivity contribution is 5.92. The maximum Gasteiger partial charge on any atom is 0.274 e. The van der Waals surface area contributed by atoms with Crippen LogP contribution in [0.3, 0.4) is 0 Å². The zero-order chi connectivity index (χ0) is 15.5. The SMILES string of the molecule is COc1cccc([C@@H]2CCCN2C(=O)c2cnc(C)cn2)c1. The lowest BCUT2D eigenvalue weighted by Gasteiger charge is -2.25. The van der Waals surface area contributed by atoms with Crippen LogP contribution in [-0.2, 0) is 0 Å². The van der Waals surface area contributed by atoms with Crippen LogP contribution in [0.4, 0.5) is 0 Å². The quantitative estimate of drug-likeness (QED) is 0.874. The monoisotopic (exact) mass is 297 g/mol. The normalized spacial score (nSPS) is 17.5. The number of aryl methyl sites for hydroxylation is 1. The van der Waals surface area contributed by atoms with E-state index in [0.717, 1.165) is 36.4 Å². The molecule has 114 valence electrons. The summed E-state index contributed by atoms with van der Waals surface area (Å²) >= 11 is 0. The Hall–Kier alpha value is -2.43. The molecule has 1 atom stereocenters. The van der Waals surface area contributed by atoms with Gasteiger partial charge in [0.1, 0.15) is 11.4 Å². The summed E-state index contributed by atoms with van der Waals surface area (Å²) in [5, 5.41) is 0. The van der Waals surface area contributed by atoms with E-state index in [1.54, 1.807) is 19.5 Å². The zero-order valence-electron chi connectivity index (χ0n) is 12.8. The minimum atomic E-state index is -0.0576. The summed E-state index contributed by atoms with van der Waals surface area (Å²) in [6.45, 7) is 2.60. The Morgan fingerprint density at radius 2 is 2.18 bits per heavy atom. The van der Waals surface area contributed by atoms with Crippen LogP contribution in [-0.4, -0.2) is 34.4 Å². The van der Waals surface area contributed by atoms with Crippen molar-refractivity contribution in [3.63, 3.8) is 0 Å². The van der Waals surface area contributed by atoms with Gasteiger partial charge in [-0.25, -0.2) is 4.98 Å². The van der Waals surface area contributed by atoms with Gasteiger partial charge in [0, 0.05) is 12.7 Å². The average molecular weight is 297 g/mol. The van der Waals surface area contributed by atoms with Crippen LogP contribution < -0.4 is 4.74 Å². The van der Waals surface area contributed by atoms with Gasteiger partial charge in [0.15, 0.2) is 0 Å². The molecule has 0 bridgehead atoms. The van der Waals surface area contributed by atoms with E-state index >= 15 is 0 Å². The molecule has 0 radical (unpaired) electrons. The van der Waals surface area contributed by atoms with Crippen molar-refractivity contribution in [3.05, 3.63) is 53.6 Å². The molecule has 3 rings (SSSR count). The predicted octanol–water partition coefficient (Wildman–Crippen LogP) is 2.77. The highest BCUT2D eigenvalue weighted by Crippen LogP contribution is 2.34. The lowest BCUT2D eigenvalue weighted by atomic mass is 10.0. The van der Waals surface area contributed by atoms with E-state index in [1.165, 1.54) is 0 Å². The number of methoxy groups -OCH3 is 1. The second-order valence-electron chi connectivity index (χ2n) is 5.48. The van der Waals surface area contributed by atoms with Crippen LogP contribution in [0, 0.1) is 6.92 Å². The van der Waals surface area contributed by atoms with Gasteiger partial charge in [-0.15, -0.1) is 0 Å². The summed E-state index contributed by atoms with van der Waals surface area (Å²) in [7, 11) is 1.65. The number of hydrogen-bond donors (Lipinski definition) is 0. The number of benzene rings is 1. The summed E-state index contributed by atoms with van der Waals surface area (Å²) in [6, 6.07) is 7.99. The minimum Gasteiger partial charge on any atom is -0.497 e. The molecule has 5 nitrogen and oxygen atoms in total. The molecular weight excluding hydrogens is 278 g/mol. The molecule has 1 amide bonds. The van der Waals surface area contributed by atoms with Crippen LogP contribution in [0.2, 0.25) is 0 Å². The van der Waals surface area contributed by atoms with E-state index in [1.807, 2.05) is 36.1 Å². The van der Waals surface area contributed by atoms with Crippen molar-refractivity contribution >= 4 is 5.91 Å². The molecule has 1 aliphatic rings. The van der Waals surface area contributed by atoms with Crippen molar-refractivity contribution in [2.45, 2.75) is 25.8 Å². The molecule has 0 unspecified atom stereocenters. The Bertz CT molecular complexity index is 670. The summed E-state index contributed by atoms with van der Waals surface area (Å²) in [5.41, 5.74) is 2.31. The van der Waals surface area contributed by atoms with Gasteiger partial charge in [-0.2, -0.15) is 0 Å². The lowest BCUT2D eigenvalue weighted by molar-refractivity contribution is 0.0729. The molecule has 22 heavy (non-hydrogen) atoms. The maximum absolute atomic E-state index is 12.7. The fourth-order valence-corrected chi connectivity index (χ4v) is 2.86. The first-order valence-corrected chi connectivity index (χ1v) is 7.42. The number of rotatable bonds is 3. The Balaban J connectivity index is 1.86. The molecule has 0 N–H and O–H groups in total. The zero-order valence-corrected chi connectivity index (χ0v) is 12.8. The first-order chi connectivity index (χ1) is 10.7. The van der Waals surface area contributed by atoms with Crippen LogP contribution in [0.1, 0.15) is 40.6 Å². The van der Waals surface area contributed by atoms with Gasteiger partial charge in [0.2, 0.25) is 0 Å². The van der Waals surface area contributed by atoms with Gasteiger partial charge >= 0.3 is 0 Å². The number of aromatic nitrogens is 2. The summed E-state index contributed by atoms with van der Waals surface area (Å²) in [5.74, 6) is 0.754. The first-order valence-electron chi connectivity index (χ1n) is 7.42. The van der Waals surface area contributed by atoms with Crippen molar-refractivity contribution in [3.8, 4) is 5.75 Å². The smallest absolute Gasteiger partial charge is 0.274 e. The minimum absolute atomic E-state index is 0.0576. The van der Waals surface area contributed by atoms with E-state index in [0.29, 0.717) is 5.69 Å². The van der Waals surface area contributed by atoms with Gasteiger partial charge in [-0.1, -0.05) is 12.1 Å². The van der Waals surface area contributed by atoms with Gasteiger partial charge in [0.05, 0.1) is 25.0 Å². The predicted molar refractivity (Wildman–Crippen MR) is 82.8 cm³/mol. The number of amides is 1. The Labute approximate surface area is 130 Å². The molecule has 1 aromatic heterocycles. The number of likely N-dealkylation sites (tertiary alicyclic amines) is 1. The van der Waals surface area contributed by atoms with Crippen molar-refractivity contribution in [2.75, 3.05) is 13.7 Å². The number of hydrogen-bond acceptors (Lipinski definition) is 4. The number of nitrogens with zero attached hydrogens (tertiary/aromatic N) is 3. The second kappa shape index (κ2) is 6.13. The van der Waals surface area contributed by atoms with Gasteiger partial charge in [0.25, 0.3) is 5.91 Å². The van der Waals surface area contributed by atoms with Crippen LogP contribution in [0.15, 0.2) is 36.7 Å². The fourth-order valence-electron chi connectivity index (χ4n) is 2.86. The highest BCUT2D eigenvalue weighted by Gasteiger charge is 2.31. The largest absolute Gasteiger partial charge is 0.497 e. The maximum atomic E-state index is 12.7. The third-order valence-corrected chi connectivity index (χ3v) is 3.99. The molecule has 1 fully saturated rings. The van der Waals surface area contributed by atoms with Crippen molar-refractivity contribution < 1.29 is 9.53 Å². The molecule has 0 spiro atoms. The third-order valence-electron chi connectivity index (χ3n) is 3.99. The Morgan fingerprint density at radius 1 is 1.32 bits per heavy atom. The van der Waals surface area contributed by atoms with E-state index in [9.17, 15) is 4.79 Å².